The summed E-state index contributed by atoms with van der Waals surface area (Å²) in [7, 11) is 0. The van der Waals surface area contributed by atoms with Crippen LogP contribution in [0, 0.1) is 5.92 Å². The quantitative estimate of drug-likeness (QED) is 0.810. The Morgan fingerprint density at radius 1 is 1.00 bits per heavy atom. The summed E-state index contributed by atoms with van der Waals surface area (Å²) in [4.78, 5) is 13.6. The summed E-state index contributed by atoms with van der Waals surface area (Å²) >= 11 is 0. The predicted octanol–water partition coefficient (Wildman–Crippen LogP) is 1.94. The van der Waals surface area contributed by atoms with Gasteiger partial charge in [-0.2, -0.15) is 0 Å². The molecule has 4 heteroatoms. The minimum atomic E-state index is -0.0988. The molecule has 16 heavy (non-hydrogen) atoms. The van der Waals surface area contributed by atoms with Crippen LogP contribution in [0.3, 0.4) is 0 Å². The number of rotatable bonds is 2. The molecule has 1 saturated carbocycles. The first-order chi connectivity index (χ1) is 7.27. The maximum Gasteiger partial charge on any atom is 0.220 e. The number of carbonyl (C=O) groups is 1. The highest BCUT2D eigenvalue weighted by molar-refractivity contribution is 5.85. The van der Waals surface area contributed by atoms with Gasteiger partial charge in [-0.15, -0.1) is 12.4 Å². The number of piperidine rings is 1. The second-order valence-corrected chi connectivity index (χ2v) is 5.00. The van der Waals surface area contributed by atoms with E-state index in [9.17, 15) is 4.79 Å². The molecule has 1 heterocycles. The number of hydrogen-bond donors (Lipinski definition) is 1. The second kappa shape index (κ2) is 6.45. The first kappa shape index (κ1) is 13.8. The molecule has 2 fully saturated rings. The van der Waals surface area contributed by atoms with Crippen molar-refractivity contribution in [3.05, 3.63) is 0 Å². The molecule has 2 aliphatic rings. The Morgan fingerprint density at radius 3 is 2.06 bits per heavy atom. The summed E-state index contributed by atoms with van der Waals surface area (Å²) in [5.74, 6) is 0.0446. The SMILES string of the molecule is Cl.NC(=O)C1CCN(C2CCCCC2)CC1. The number of nitrogens with two attached hydrogens (primary N) is 1. The molecule has 0 aromatic carbocycles. The van der Waals surface area contributed by atoms with Gasteiger partial charge in [-0.25, -0.2) is 0 Å². The number of nitrogens with zero attached hydrogens (tertiary/aromatic N) is 1. The molecule has 0 spiro atoms. The van der Waals surface area contributed by atoms with Gasteiger partial charge in [0.1, 0.15) is 0 Å². The van der Waals surface area contributed by atoms with Crippen LogP contribution in [0.2, 0.25) is 0 Å². The molecule has 94 valence electrons. The van der Waals surface area contributed by atoms with Crippen molar-refractivity contribution in [1.82, 2.24) is 4.90 Å². The normalized spacial score (nSPS) is 25.0. The zero-order chi connectivity index (χ0) is 10.7. The van der Waals surface area contributed by atoms with Crippen molar-refractivity contribution in [2.45, 2.75) is 51.0 Å². The minimum absolute atomic E-state index is 0. The van der Waals surface area contributed by atoms with Crippen molar-refractivity contribution in [3.63, 3.8) is 0 Å². The van der Waals surface area contributed by atoms with Gasteiger partial charge in [0, 0.05) is 12.0 Å². The predicted molar refractivity (Wildman–Crippen MR) is 67.6 cm³/mol. The highest BCUT2D eigenvalue weighted by atomic mass is 35.5. The third-order valence-electron chi connectivity index (χ3n) is 4.02. The molecule has 3 nitrogen and oxygen atoms in total. The van der Waals surface area contributed by atoms with Gasteiger partial charge in [0.25, 0.3) is 0 Å². The second-order valence-electron chi connectivity index (χ2n) is 5.00. The zero-order valence-electron chi connectivity index (χ0n) is 9.86. The van der Waals surface area contributed by atoms with Crippen LogP contribution in [0.5, 0.6) is 0 Å². The third-order valence-corrected chi connectivity index (χ3v) is 4.02. The van der Waals surface area contributed by atoms with Gasteiger partial charge in [0.15, 0.2) is 0 Å². The summed E-state index contributed by atoms with van der Waals surface area (Å²) in [6, 6.07) is 0.799. The monoisotopic (exact) mass is 246 g/mol. The van der Waals surface area contributed by atoms with Crippen molar-refractivity contribution in [2.75, 3.05) is 13.1 Å². The van der Waals surface area contributed by atoms with E-state index in [0.29, 0.717) is 0 Å². The number of amides is 1. The Morgan fingerprint density at radius 2 is 1.56 bits per heavy atom. The maximum absolute atomic E-state index is 11.0. The fourth-order valence-corrected chi connectivity index (χ4v) is 3.00. The van der Waals surface area contributed by atoms with Crippen molar-refractivity contribution in [2.24, 2.45) is 11.7 Å². The van der Waals surface area contributed by atoms with Crippen LogP contribution in [-0.4, -0.2) is 29.9 Å². The van der Waals surface area contributed by atoms with Crippen molar-refractivity contribution in [3.8, 4) is 0 Å². The minimum Gasteiger partial charge on any atom is -0.369 e. The van der Waals surface area contributed by atoms with Gasteiger partial charge in [0.2, 0.25) is 5.91 Å². The fourth-order valence-electron chi connectivity index (χ4n) is 3.00. The molecule has 1 aliphatic carbocycles. The molecule has 1 aliphatic heterocycles. The van der Waals surface area contributed by atoms with Gasteiger partial charge in [-0.1, -0.05) is 19.3 Å². The van der Waals surface area contributed by atoms with Gasteiger partial charge >= 0.3 is 0 Å². The summed E-state index contributed by atoms with van der Waals surface area (Å²) in [5.41, 5.74) is 5.33. The van der Waals surface area contributed by atoms with E-state index in [1.165, 1.54) is 32.1 Å². The van der Waals surface area contributed by atoms with E-state index < -0.39 is 0 Å². The fraction of sp³-hybridized carbons (Fsp3) is 0.917. The number of halogens is 1. The number of hydrogen-bond acceptors (Lipinski definition) is 2. The summed E-state index contributed by atoms with van der Waals surface area (Å²) in [6.07, 6.45) is 8.87. The molecule has 0 aromatic heterocycles. The van der Waals surface area contributed by atoms with Crippen LogP contribution in [0.1, 0.15) is 44.9 Å². The topological polar surface area (TPSA) is 46.3 Å². The Kier molecular flexibility index (Phi) is 5.56. The first-order valence-corrected chi connectivity index (χ1v) is 6.31. The molecule has 2 rings (SSSR count). The lowest BCUT2D eigenvalue weighted by atomic mass is 9.90. The Labute approximate surface area is 104 Å². The molecular formula is C12H23ClN2O. The van der Waals surface area contributed by atoms with Crippen LogP contribution >= 0.6 is 12.4 Å². The Balaban J connectivity index is 0.00000128. The average molecular weight is 247 g/mol. The van der Waals surface area contributed by atoms with E-state index in [-0.39, 0.29) is 24.2 Å². The Hall–Kier alpha value is -0.280. The van der Waals surface area contributed by atoms with E-state index in [4.69, 9.17) is 5.73 Å². The number of primary amides is 1. The number of likely N-dealkylation sites (tertiary alicyclic amines) is 1. The van der Waals surface area contributed by atoms with Gasteiger partial charge in [0.05, 0.1) is 0 Å². The van der Waals surface area contributed by atoms with E-state index in [1.54, 1.807) is 0 Å². The molecule has 0 radical (unpaired) electrons. The Bertz CT molecular complexity index is 221. The van der Waals surface area contributed by atoms with Crippen molar-refractivity contribution < 1.29 is 4.79 Å². The molecule has 0 aromatic rings. The third kappa shape index (κ3) is 3.36. The van der Waals surface area contributed by atoms with E-state index >= 15 is 0 Å². The van der Waals surface area contributed by atoms with Crippen LogP contribution in [0.15, 0.2) is 0 Å². The smallest absolute Gasteiger partial charge is 0.220 e. The molecule has 1 saturated heterocycles. The van der Waals surface area contributed by atoms with Crippen LogP contribution in [0.25, 0.3) is 0 Å². The first-order valence-electron chi connectivity index (χ1n) is 6.31. The highest BCUT2D eigenvalue weighted by Crippen LogP contribution is 2.26. The molecule has 0 atom stereocenters. The zero-order valence-corrected chi connectivity index (χ0v) is 10.7. The van der Waals surface area contributed by atoms with Crippen molar-refractivity contribution in [1.29, 1.82) is 0 Å². The van der Waals surface area contributed by atoms with E-state index in [1.807, 2.05) is 0 Å². The summed E-state index contributed by atoms with van der Waals surface area (Å²) < 4.78 is 0. The molecule has 0 bridgehead atoms. The average Bonchev–Trinajstić information content (AvgIpc) is 2.30. The van der Waals surface area contributed by atoms with E-state index in [0.717, 1.165) is 32.0 Å². The van der Waals surface area contributed by atoms with Gasteiger partial charge in [-0.3, -0.25) is 4.79 Å². The largest absolute Gasteiger partial charge is 0.369 e. The van der Waals surface area contributed by atoms with Crippen LogP contribution < -0.4 is 5.73 Å². The van der Waals surface area contributed by atoms with Gasteiger partial charge in [-0.05, 0) is 38.8 Å². The molecular weight excluding hydrogens is 224 g/mol. The molecule has 2 N–H and O–H groups in total. The standard InChI is InChI=1S/C12H22N2O.ClH/c13-12(15)10-6-8-14(9-7-10)11-4-2-1-3-5-11;/h10-11H,1-9H2,(H2,13,15);1H. The summed E-state index contributed by atoms with van der Waals surface area (Å²) in [6.45, 7) is 2.16. The lowest BCUT2D eigenvalue weighted by Crippen LogP contribution is -2.44. The lowest BCUT2D eigenvalue weighted by molar-refractivity contribution is -0.123. The summed E-state index contributed by atoms with van der Waals surface area (Å²) in [5, 5.41) is 0. The maximum atomic E-state index is 11.0. The van der Waals surface area contributed by atoms with Crippen LogP contribution in [0.4, 0.5) is 0 Å². The number of carbonyl (C=O) groups excluding carboxylic acids is 1. The molecule has 0 unspecified atom stereocenters. The van der Waals surface area contributed by atoms with Crippen molar-refractivity contribution >= 4 is 18.3 Å². The molecule has 1 amide bonds. The van der Waals surface area contributed by atoms with Gasteiger partial charge < -0.3 is 10.6 Å². The van der Waals surface area contributed by atoms with Crippen LogP contribution in [-0.2, 0) is 4.79 Å². The van der Waals surface area contributed by atoms with E-state index in [2.05, 4.69) is 4.90 Å². The highest BCUT2D eigenvalue weighted by Gasteiger charge is 2.27. The lowest BCUT2D eigenvalue weighted by Gasteiger charge is -2.38.